The SMILES string of the molecule is c1ccc(-c2ccc3c4ccccc4n(-c4ccc(-c5nc(-c6ccccc6)cc(-c6ccccc6)n5)cc4-c4cc(-c5ccccc5)nc(-c5ccccc5)n4)c3c2)cc1. The van der Waals surface area contributed by atoms with Gasteiger partial charge in [0.1, 0.15) is 0 Å². The first-order valence-electron chi connectivity index (χ1n) is 20.5. The molecule has 0 radical (unpaired) electrons. The van der Waals surface area contributed by atoms with Crippen molar-refractivity contribution >= 4 is 21.8 Å². The van der Waals surface area contributed by atoms with E-state index in [1.165, 1.54) is 10.8 Å². The van der Waals surface area contributed by atoms with Gasteiger partial charge in [-0.2, -0.15) is 0 Å². The molecule has 0 saturated carbocycles. The highest BCUT2D eigenvalue weighted by molar-refractivity contribution is 6.10. The maximum absolute atomic E-state index is 5.40. The molecule has 286 valence electrons. The third-order valence-electron chi connectivity index (χ3n) is 11.2. The Bertz CT molecular complexity index is 3210. The Hall–Kier alpha value is -8.28. The van der Waals surface area contributed by atoms with Crippen LogP contribution in [0.1, 0.15) is 0 Å². The lowest BCUT2D eigenvalue weighted by Crippen LogP contribution is -2.02. The molecule has 0 N–H and O–H groups in total. The highest BCUT2D eigenvalue weighted by Crippen LogP contribution is 2.40. The molecule has 0 amide bonds. The highest BCUT2D eigenvalue weighted by atomic mass is 15.0. The number of nitrogens with zero attached hydrogens (tertiary/aromatic N) is 5. The average molecular weight is 780 g/mol. The number of hydrogen-bond acceptors (Lipinski definition) is 4. The van der Waals surface area contributed by atoms with E-state index >= 15 is 0 Å². The molecular weight excluding hydrogens is 743 g/mol. The number of para-hydroxylation sites is 1. The van der Waals surface area contributed by atoms with Crippen molar-refractivity contribution in [2.24, 2.45) is 0 Å². The van der Waals surface area contributed by atoms with Crippen LogP contribution in [0.25, 0.3) is 106 Å². The van der Waals surface area contributed by atoms with Crippen molar-refractivity contribution in [3.8, 4) is 84.6 Å². The number of aromatic nitrogens is 5. The Morgan fingerprint density at radius 1 is 0.262 bits per heavy atom. The second kappa shape index (κ2) is 15.5. The summed E-state index contributed by atoms with van der Waals surface area (Å²) in [5.74, 6) is 1.28. The van der Waals surface area contributed by atoms with E-state index in [0.29, 0.717) is 11.6 Å². The van der Waals surface area contributed by atoms with Crippen LogP contribution in [0.15, 0.2) is 224 Å². The van der Waals surface area contributed by atoms with Crippen LogP contribution in [0.5, 0.6) is 0 Å². The molecule has 5 heteroatoms. The van der Waals surface area contributed by atoms with E-state index in [4.69, 9.17) is 19.9 Å². The summed E-state index contributed by atoms with van der Waals surface area (Å²) in [6.45, 7) is 0. The smallest absolute Gasteiger partial charge is 0.160 e. The number of rotatable bonds is 8. The second-order valence-electron chi connectivity index (χ2n) is 15.1. The molecule has 5 nitrogen and oxygen atoms in total. The second-order valence-corrected chi connectivity index (χ2v) is 15.1. The Morgan fingerprint density at radius 2 is 0.689 bits per heavy atom. The summed E-state index contributed by atoms with van der Waals surface area (Å²) in [6.07, 6.45) is 0. The molecule has 3 heterocycles. The van der Waals surface area contributed by atoms with Crippen LogP contribution < -0.4 is 0 Å². The summed E-state index contributed by atoms with van der Waals surface area (Å²) in [6, 6.07) is 78.0. The Labute approximate surface area is 354 Å². The largest absolute Gasteiger partial charge is 0.309 e. The lowest BCUT2D eigenvalue weighted by Gasteiger charge is -2.17. The third-order valence-corrected chi connectivity index (χ3v) is 11.2. The molecule has 61 heavy (non-hydrogen) atoms. The van der Waals surface area contributed by atoms with Gasteiger partial charge in [0.25, 0.3) is 0 Å². The van der Waals surface area contributed by atoms with Gasteiger partial charge in [0, 0.05) is 44.2 Å². The topological polar surface area (TPSA) is 56.5 Å². The number of fused-ring (bicyclic) bond motifs is 3. The molecule has 3 aromatic heterocycles. The summed E-state index contributed by atoms with van der Waals surface area (Å²) in [4.78, 5) is 21.1. The molecule has 11 rings (SSSR count). The molecule has 0 aliphatic carbocycles. The Kier molecular flexibility index (Phi) is 9.10. The van der Waals surface area contributed by atoms with Crippen LogP contribution in [0.3, 0.4) is 0 Å². The van der Waals surface area contributed by atoms with Crippen molar-refractivity contribution in [2.45, 2.75) is 0 Å². The monoisotopic (exact) mass is 779 g/mol. The van der Waals surface area contributed by atoms with Gasteiger partial charge < -0.3 is 4.57 Å². The van der Waals surface area contributed by atoms with Gasteiger partial charge in [-0.3, -0.25) is 0 Å². The zero-order valence-electron chi connectivity index (χ0n) is 33.1. The molecule has 0 saturated heterocycles. The molecular formula is C56H37N5. The molecule has 0 fully saturated rings. The highest BCUT2D eigenvalue weighted by Gasteiger charge is 2.21. The number of benzene rings is 8. The first kappa shape index (κ1) is 35.8. The minimum Gasteiger partial charge on any atom is -0.309 e. The molecule has 0 bridgehead atoms. The van der Waals surface area contributed by atoms with Crippen LogP contribution in [0, 0.1) is 0 Å². The molecule has 0 spiro atoms. The minimum atomic E-state index is 0.627. The predicted molar refractivity (Wildman–Crippen MR) is 250 cm³/mol. The van der Waals surface area contributed by atoms with Crippen molar-refractivity contribution < 1.29 is 0 Å². The quantitative estimate of drug-likeness (QED) is 0.154. The summed E-state index contributed by atoms with van der Waals surface area (Å²) in [5, 5.41) is 2.35. The molecule has 0 atom stereocenters. The molecule has 0 unspecified atom stereocenters. The van der Waals surface area contributed by atoms with E-state index in [1.807, 2.05) is 60.7 Å². The molecule has 0 aliphatic rings. The fraction of sp³-hybridized carbons (Fsp3) is 0. The van der Waals surface area contributed by atoms with Gasteiger partial charge in [-0.15, -0.1) is 0 Å². The Balaban J connectivity index is 1.21. The van der Waals surface area contributed by atoms with E-state index in [1.54, 1.807) is 0 Å². The fourth-order valence-electron chi connectivity index (χ4n) is 8.26. The minimum absolute atomic E-state index is 0.627. The summed E-state index contributed by atoms with van der Waals surface area (Å²) < 4.78 is 2.39. The predicted octanol–water partition coefficient (Wildman–Crippen LogP) is 14.0. The van der Waals surface area contributed by atoms with E-state index in [-0.39, 0.29) is 0 Å². The summed E-state index contributed by atoms with van der Waals surface area (Å²) in [5.41, 5.74) is 14.6. The van der Waals surface area contributed by atoms with Crippen LogP contribution in [0.2, 0.25) is 0 Å². The van der Waals surface area contributed by atoms with Crippen LogP contribution in [-0.2, 0) is 0 Å². The normalized spacial score (nSPS) is 11.3. The zero-order chi connectivity index (χ0) is 40.5. The van der Waals surface area contributed by atoms with Crippen molar-refractivity contribution in [1.29, 1.82) is 0 Å². The van der Waals surface area contributed by atoms with Crippen molar-refractivity contribution in [1.82, 2.24) is 24.5 Å². The zero-order valence-corrected chi connectivity index (χ0v) is 33.1. The molecule has 0 aliphatic heterocycles. The van der Waals surface area contributed by atoms with Gasteiger partial charge in [-0.05, 0) is 53.6 Å². The first-order chi connectivity index (χ1) is 30.2. The van der Waals surface area contributed by atoms with Crippen LogP contribution in [0.4, 0.5) is 0 Å². The van der Waals surface area contributed by atoms with E-state index < -0.39 is 0 Å². The number of hydrogen-bond donors (Lipinski definition) is 0. The van der Waals surface area contributed by atoms with E-state index in [0.717, 1.165) is 84.0 Å². The van der Waals surface area contributed by atoms with Crippen molar-refractivity contribution in [3.63, 3.8) is 0 Å². The Morgan fingerprint density at radius 3 is 1.26 bits per heavy atom. The van der Waals surface area contributed by atoms with E-state index in [9.17, 15) is 0 Å². The maximum Gasteiger partial charge on any atom is 0.160 e. The molecule has 8 aromatic carbocycles. The standard InChI is InChI=1S/C56H37N5/c1-6-18-38(19-7-1)43-30-32-46-45-28-16-17-29-52(45)61(54(46)35-43)53-33-31-44(56-58-48(39-20-8-2-9-21-39)36-49(59-56)40-22-10-3-11-23-40)34-47(53)51-37-50(41-24-12-4-13-25-41)57-55(60-51)42-26-14-5-15-27-42/h1-37H. The van der Waals surface area contributed by atoms with Crippen molar-refractivity contribution in [3.05, 3.63) is 224 Å². The lowest BCUT2D eigenvalue weighted by molar-refractivity contribution is 1.14. The van der Waals surface area contributed by atoms with Crippen molar-refractivity contribution in [2.75, 3.05) is 0 Å². The van der Waals surface area contributed by atoms with E-state index in [2.05, 4.69) is 168 Å². The maximum atomic E-state index is 5.40. The fourth-order valence-corrected chi connectivity index (χ4v) is 8.26. The van der Waals surface area contributed by atoms with Gasteiger partial charge in [0.05, 0.1) is 39.5 Å². The summed E-state index contributed by atoms with van der Waals surface area (Å²) in [7, 11) is 0. The van der Waals surface area contributed by atoms with Gasteiger partial charge >= 0.3 is 0 Å². The lowest BCUT2D eigenvalue weighted by atomic mass is 10.0. The molecule has 11 aromatic rings. The van der Waals surface area contributed by atoms with Gasteiger partial charge in [0.2, 0.25) is 0 Å². The van der Waals surface area contributed by atoms with Crippen LogP contribution in [-0.4, -0.2) is 24.5 Å². The average Bonchev–Trinajstić information content (AvgIpc) is 3.68. The van der Waals surface area contributed by atoms with Crippen LogP contribution >= 0.6 is 0 Å². The third kappa shape index (κ3) is 6.84. The van der Waals surface area contributed by atoms with Gasteiger partial charge in [0.15, 0.2) is 11.6 Å². The van der Waals surface area contributed by atoms with Gasteiger partial charge in [-0.25, -0.2) is 19.9 Å². The first-order valence-corrected chi connectivity index (χ1v) is 20.5. The summed E-state index contributed by atoms with van der Waals surface area (Å²) >= 11 is 0. The van der Waals surface area contributed by atoms with Gasteiger partial charge in [-0.1, -0.05) is 182 Å².